The summed E-state index contributed by atoms with van der Waals surface area (Å²) in [6.07, 6.45) is 6.99. The maximum atomic E-state index is 12.0. The van der Waals surface area contributed by atoms with Crippen molar-refractivity contribution >= 4 is 5.97 Å². The number of nitrogens with zero attached hydrogens (tertiary/aromatic N) is 2. The molecule has 0 bridgehead atoms. The molecule has 114 valence electrons. The molecule has 3 aromatic rings. The fraction of sp³-hybridized carbons (Fsp3) is 0.105. The van der Waals surface area contributed by atoms with Crippen LogP contribution >= 0.6 is 0 Å². The van der Waals surface area contributed by atoms with Gasteiger partial charge in [0.25, 0.3) is 0 Å². The summed E-state index contributed by atoms with van der Waals surface area (Å²) in [4.78, 5) is 20.1. The number of aromatic nitrogens is 2. The molecule has 4 heteroatoms. The minimum Gasteiger partial charge on any atom is -0.462 e. The summed E-state index contributed by atoms with van der Waals surface area (Å²) in [6.45, 7) is 2.16. The Morgan fingerprint density at radius 2 is 1.43 bits per heavy atom. The Morgan fingerprint density at radius 1 is 0.870 bits per heavy atom. The first-order valence-electron chi connectivity index (χ1n) is 7.41. The number of pyridine rings is 2. The van der Waals surface area contributed by atoms with Crippen LogP contribution in [0.3, 0.4) is 0 Å². The lowest BCUT2D eigenvalue weighted by Crippen LogP contribution is -2.05. The second kappa shape index (κ2) is 6.83. The van der Waals surface area contributed by atoms with Gasteiger partial charge in [0, 0.05) is 24.8 Å². The molecule has 0 saturated heterocycles. The third kappa shape index (κ3) is 3.26. The van der Waals surface area contributed by atoms with Crippen LogP contribution in [0.25, 0.3) is 22.3 Å². The highest BCUT2D eigenvalue weighted by molar-refractivity contribution is 5.94. The van der Waals surface area contributed by atoms with Crippen LogP contribution in [0.4, 0.5) is 0 Å². The predicted molar refractivity (Wildman–Crippen MR) is 88.9 cm³/mol. The summed E-state index contributed by atoms with van der Waals surface area (Å²) in [6, 6.07) is 13.3. The second-order valence-corrected chi connectivity index (χ2v) is 4.95. The van der Waals surface area contributed by atoms with Crippen LogP contribution in [0.2, 0.25) is 0 Å². The molecule has 0 unspecified atom stereocenters. The van der Waals surface area contributed by atoms with Crippen molar-refractivity contribution in [1.82, 2.24) is 9.97 Å². The molecular formula is C19H16N2O2. The first-order chi connectivity index (χ1) is 11.3. The van der Waals surface area contributed by atoms with Gasteiger partial charge in [0.05, 0.1) is 12.2 Å². The van der Waals surface area contributed by atoms with Crippen LogP contribution in [0.15, 0.2) is 67.3 Å². The standard InChI is InChI=1S/C19H16N2O2/c1-2-23-19(22)16-3-4-17(14-5-9-20-10-6-14)18(13-16)15-7-11-21-12-8-15/h3-13H,2H2,1H3. The van der Waals surface area contributed by atoms with Crippen LogP contribution in [-0.4, -0.2) is 22.5 Å². The smallest absolute Gasteiger partial charge is 0.338 e. The average Bonchev–Trinajstić information content (AvgIpc) is 2.63. The van der Waals surface area contributed by atoms with Gasteiger partial charge in [-0.1, -0.05) is 6.07 Å². The third-order valence-electron chi connectivity index (χ3n) is 3.51. The molecule has 0 fully saturated rings. The van der Waals surface area contributed by atoms with E-state index in [1.54, 1.807) is 37.8 Å². The molecular weight excluding hydrogens is 288 g/mol. The van der Waals surface area contributed by atoms with E-state index in [1.807, 2.05) is 36.4 Å². The zero-order chi connectivity index (χ0) is 16.1. The Bertz CT molecular complexity index is 802. The number of hydrogen-bond donors (Lipinski definition) is 0. The normalized spacial score (nSPS) is 10.3. The van der Waals surface area contributed by atoms with E-state index >= 15 is 0 Å². The molecule has 0 aliphatic heterocycles. The summed E-state index contributed by atoms with van der Waals surface area (Å²) >= 11 is 0. The fourth-order valence-corrected chi connectivity index (χ4v) is 2.44. The Labute approximate surface area is 134 Å². The number of ether oxygens (including phenoxy) is 1. The Balaban J connectivity index is 2.15. The van der Waals surface area contributed by atoms with Crippen LogP contribution in [0.5, 0.6) is 0 Å². The van der Waals surface area contributed by atoms with E-state index in [4.69, 9.17) is 4.74 Å². The van der Waals surface area contributed by atoms with E-state index in [1.165, 1.54) is 0 Å². The van der Waals surface area contributed by atoms with Gasteiger partial charge in [0.2, 0.25) is 0 Å². The number of hydrogen-bond acceptors (Lipinski definition) is 4. The van der Waals surface area contributed by atoms with E-state index in [2.05, 4.69) is 9.97 Å². The molecule has 1 aromatic carbocycles. The molecule has 4 nitrogen and oxygen atoms in total. The van der Waals surface area contributed by atoms with E-state index in [0.29, 0.717) is 12.2 Å². The molecule has 0 radical (unpaired) electrons. The zero-order valence-electron chi connectivity index (χ0n) is 12.8. The minimum atomic E-state index is -0.316. The van der Waals surface area contributed by atoms with Gasteiger partial charge in [-0.3, -0.25) is 9.97 Å². The van der Waals surface area contributed by atoms with Crippen LogP contribution < -0.4 is 0 Å². The molecule has 23 heavy (non-hydrogen) atoms. The highest BCUT2D eigenvalue weighted by atomic mass is 16.5. The van der Waals surface area contributed by atoms with Crippen molar-refractivity contribution in [2.75, 3.05) is 6.61 Å². The molecule has 0 atom stereocenters. The number of carbonyl (C=O) groups excluding carboxylic acids is 1. The summed E-state index contributed by atoms with van der Waals surface area (Å²) in [5, 5.41) is 0. The Hall–Kier alpha value is -3.01. The molecule has 2 aromatic heterocycles. The number of esters is 1. The molecule has 2 heterocycles. The topological polar surface area (TPSA) is 52.1 Å². The van der Waals surface area contributed by atoms with E-state index in [-0.39, 0.29) is 5.97 Å². The molecule has 0 amide bonds. The third-order valence-corrected chi connectivity index (χ3v) is 3.51. The predicted octanol–water partition coefficient (Wildman–Crippen LogP) is 3.99. The van der Waals surface area contributed by atoms with Gasteiger partial charge in [-0.2, -0.15) is 0 Å². The van der Waals surface area contributed by atoms with Gasteiger partial charge in [-0.25, -0.2) is 4.79 Å². The maximum Gasteiger partial charge on any atom is 0.338 e. The Kier molecular flexibility index (Phi) is 4.43. The number of carbonyl (C=O) groups is 1. The monoisotopic (exact) mass is 304 g/mol. The first kappa shape index (κ1) is 14.9. The molecule has 0 saturated carbocycles. The van der Waals surface area contributed by atoms with Gasteiger partial charge in [0.1, 0.15) is 0 Å². The van der Waals surface area contributed by atoms with Crippen molar-refractivity contribution < 1.29 is 9.53 Å². The van der Waals surface area contributed by atoms with E-state index in [9.17, 15) is 4.79 Å². The molecule has 0 N–H and O–H groups in total. The summed E-state index contributed by atoms with van der Waals surface area (Å²) in [5.41, 5.74) is 4.58. The average molecular weight is 304 g/mol. The van der Waals surface area contributed by atoms with Crippen LogP contribution in [0.1, 0.15) is 17.3 Å². The van der Waals surface area contributed by atoms with E-state index < -0.39 is 0 Å². The van der Waals surface area contributed by atoms with Crippen molar-refractivity contribution in [2.45, 2.75) is 6.92 Å². The van der Waals surface area contributed by atoms with Crippen LogP contribution in [0, 0.1) is 0 Å². The van der Waals surface area contributed by atoms with Crippen molar-refractivity contribution in [3.8, 4) is 22.3 Å². The SMILES string of the molecule is CCOC(=O)c1ccc(-c2ccncc2)c(-c2ccncc2)c1. The lowest BCUT2D eigenvalue weighted by Gasteiger charge is -2.12. The summed E-state index contributed by atoms with van der Waals surface area (Å²) < 4.78 is 5.10. The number of rotatable bonds is 4. The summed E-state index contributed by atoms with van der Waals surface area (Å²) in [7, 11) is 0. The quantitative estimate of drug-likeness (QED) is 0.684. The van der Waals surface area contributed by atoms with Gasteiger partial charge in [0.15, 0.2) is 0 Å². The molecule has 0 aliphatic rings. The minimum absolute atomic E-state index is 0.316. The highest BCUT2D eigenvalue weighted by Crippen LogP contribution is 2.32. The fourth-order valence-electron chi connectivity index (χ4n) is 2.44. The molecule has 3 rings (SSSR count). The first-order valence-corrected chi connectivity index (χ1v) is 7.41. The van der Waals surface area contributed by atoms with Gasteiger partial charge < -0.3 is 4.74 Å². The van der Waals surface area contributed by atoms with Crippen molar-refractivity contribution in [1.29, 1.82) is 0 Å². The van der Waals surface area contributed by atoms with Gasteiger partial charge >= 0.3 is 5.97 Å². The van der Waals surface area contributed by atoms with Crippen molar-refractivity contribution in [2.24, 2.45) is 0 Å². The maximum absolute atomic E-state index is 12.0. The number of benzene rings is 1. The largest absolute Gasteiger partial charge is 0.462 e. The van der Waals surface area contributed by atoms with Crippen LogP contribution in [-0.2, 0) is 4.74 Å². The second-order valence-electron chi connectivity index (χ2n) is 4.95. The van der Waals surface area contributed by atoms with Crippen molar-refractivity contribution in [3.63, 3.8) is 0 Å². The molecule has 0 aliphatic carbocycles. The van der Waals surface area contributed by atoms with Crippen molar-refractivity contribution in [3.05, 3.63) is 72.8 Å². The molecule has 0 spiro atoms. The van der Waals surface area contributed by atoms with Gasteiger partial charge in [-0.15, -0.1) is 0 Å². The zero-order valence-corrected chi connectivity index (χ0v) is 12.8. The summed E-state index contributed by atoms with van der Waals surface area (Å²) in [5.74, 6) is -0.316. The Morgan fingerprint density at radius 3 is 2.00 bits per heavy atom. The lowest BCUT2D eigenvalue weighted by molar-refractivity contribution is 0.0526. The van der Waals surface area contributed by atoms with Gasteiger partial charge in [-0.05, 0) is 65.6 Å². The lowest BCUT2D eigenvalue weighted by atomic mass is 9.94. The highest BCUT2D eigenvalue weighted by Gasteiger charge is 2.13. The van der Waals surface area contributed by atoms with E-state index in [0.717, 1.165) is 22.3 Å².